The predicted octanol–water partition coefficient (Wildman–Crippen LogP) is 3.16. The maximum atomic E-state index is 13.0. The standard InChI is InChI=1S/C21H26N2O2/c1-14(21(24)23-12-18-4-3-9-22-20(18)13-23)15-5-6-17-11-19(25-2)8-7-16(17)10-15/h5-8,10-11,14,18,20,22H,3-4,9,12-13H2,1-2H3/t14-,18-,20+/m0/s1. The van der Waals surface area contributed by atoms with E-state index in [1.165, 1.54) is 12.8 Å². The molecule has 3 atom stereocenters. The van der Waals surface area contributed by atoms with Gasteiger partial charge in [0.1, 0.15) is 5.75 Å². The summed E-state index contributed by atoms with van der Waals surface area (Å²) in [6, 6.07) is 12.8. The summed E-state index contributed by atoms with van der Waals surface area (Å²) >= 11 is 0. The number of nitrogens with zero attached hydrogens (tertiary/aromatic N) is 1. The van der Waals surface area contributed by atoms with Crippen molar-refractivity contribution in [3.05, 3.63) is 42.0 Å². The smallest absolute Gasteiger partial charge is 0.229 e. The lowest BCUT2D eigenvalue weighted by Gasteiger charge is -2.24. The zero-order chi connectivity index (χ0) is 17.4. The van der Waals surface area contributed by atoms with Gasteiger partial charge in [-0.25, -0.2) is 0 Å². The average molecular weight is 338 g/mol. The Morgan fingerprint density at radius 2 is 2.00 bits per heavy atom. The minimum Gasteiger partial charge on any atom is -0.497 e. The Morgan fingerprint density at radius 3 is 2.80 bits per heavy atom. The van der Waals surface area contributed by atoms with Crippen molar-refractivity contribution in [3.63, 3.8) is 0 Å². The van der Waals surface area contributed by atoms with Crippen molar-refractivity contribution in [2.75, 3.05) is 26.7 Å². The van der Waals surface area contributed by atoms with Crippen LogP contribution in [0.2, 0.25) is 0 Å². The molecule has 2 aromatic rings. The van der Waals surface area contributed by atoms with Crippen molar-refractivity contribution in [2.24, 2.45) is 5.92 Å². The summed E-state index contributed by atoms with van der Waals surface area (Å²) < 4.78 is 5.29. The SMILES string of the molecule is COc1ccc2cc([C@H](C)C(=O)N3C[C@@H]4CCCN[C@@H]4C3)ccc2c1. The minimum absolute atomic E-state index is 0.105. The minimum atomic E-state index is -0.105. The molecule has 0 spiro atoms. The highest BCUT2D eigenvalue weighted by Gasteiger charge is 2.37. The lowest BCUT2D eigenvalue weighted by atomic mass is 9.94. The van der Waals surface area contributed by atoms with Gasteiger partial charge in [0.05, 0.1) is 13.0 Å². The first-order valence-electron chi connectivity index (χ1n) is 9.25. The first-order chi connectivity index (χ1) is 12.2. The van der Waals surface area contributed by atoms with Gasteiger partial charge in [-0.05, 0) is 60.7 Å². The van der Waals surface area contributed by atoms with E-state index in [9.17, 15) is 4.79 Å². The highest BCUT2D eigenvalue weighted by Crippen LogP contribution is 2.30. The number of hydrogen-bond donors (Lipinski definition) is 1. The average Bonchev–Trinajstić information content (AvgIpc) is 3.10. The van der Waals surface area contributed by atoms with Crippen molar-refractivity contribution in [3.8, 4) is 5.75 Å². The van der Waals surface area contributed by atoms with Crippen molar-refractivity contribution >= 4 is 16.7 Å². The van der Waals surface area contributed by atoms with E-state index in [4.69, 9.17) is 4.74 Å². The number of carbonyl (C=O) groups is 1. The number of amides is 1. The zero-order valence-corrected chi connectivity index (χ0v) is 15.0. The highest BCUT2D eigenvalue weighted by atomic mass is 16.5. The molecule has 0 aliphatic carbocycles. The summed E-state index contributed by atoms with van der Waals surface area (Å²) in [7, 11) is 1.68. The first-order valence-corrected chi connectivity index (χ1v) is 9.25. The molecule has 25 heavy (non-hydrogen) atoms. The molecule has 1 amide bonds. The number of nitrogens with one attached hydrogen (secondary N) is 1. The molecule has 4 nitrogen and oxygen atoms in total. The molecular weight excluding hydrogens is 312 g/mol. The fourth-order valence-electron chi connectivity index (χ4n) is 4.28. The summed E-state index contributed by atoms with van der Waals surface area (Å²) in [5, 5.41) is 5.86. The van der Waals surface area contributed by atoms with Crippen LogP contribution in [0, 0.1) is 5.92 Å². The molecule has 132 valence electrons. The number of hydrogen-bond acceptors (Lipinski definition) is 3. The molecule has 1 N–H and O–H groups in total. The number of rotatable bonds is 3. The zero-order valence-electron chi connectivity index (χ0n) is 15.0. The second-order valence-electron chi connectivity index (χ2n) is 7.40. The van der Waals surface area contributed by atoms with Gasteiger partial charge in [-0.2, -0.15) is 0 Å². The monoisotopic (exact) mass is 338 g/mol. The van der Waals surface area contributed by atoms with Crippen LogP contribution < -0.4 is 10.1 Å². The van der Waals surface area contributed by atoms with Gasteiger partial charge in [0.15, 0.2) is 0 Å². The maximum absolute atomic E-state index is 13.0. The van der Waals surface area contributed by atoms with Crippen LogP contribution in [0.4, 0.5) is 0 Å². The van der Waals surface area contributed by atoms with Gasteiger partial charge in [-0.1, -0.05) is 24.3 Å². The van der Waals surface area contributed by atoms with Crippen LogP contribution in [0.3, 0.4) is 0 Å². The molecule has 0 saturated carbocycles. The second kappa shape index (κ2) is 6.68. The highest BCUT2D eigenvalue weighted by molar-refractivity contribution is 5.88. The summed E-state index contributed by atoms with van der Waals surface area (Å²) in [5.41, 5.74) is 1.09. The molecule has 0 radical (unpaired) electrons. The Balaban J connectivity index is 1.52. The van der Waals surface area contributed by atoms with Crippen LogP contribution in [0.5, 0.6) is 5.75 Å². The Kier molecular flexibility index (Phi) is 4.38. The normalized spacial score (nSPS) is 24.2. The summed E-state index contributed by atoms with van der Waals surface area (Å²) in [6.07, 6.45) is 2.47. The van der Waals surface area contributed by atoms with Crippen molar-refractivity contribution < 1.29 is 9.53 Å². The van der Waals surface area contributed by atoms with Gasteiger partial charge in [0, 0.05) is 19.1 Å². The van der Waals surface area contributed by atoms with Crippen LogP contribution in [0.1, 0.15) is 31.2 Å². The van der Waals surface area contributed by atoms with Crippen molar-refractivity contribution in [1.29, 1.82) is 0 Å². The molecule has 2 aromatic carbocycles. The third kappa shape index (κ3) is 3.11. The van der Waals surface area contributed by atoms with Gasteiger partial charge >= 0.3 is 0 Å². The van der Waals surface area contributed by atoms with Gasteiger partial charge in [-0.3, -0.25) is 4.79 Å². The van der Waals surface area contributed by atoms with Gasteiger partial charge < -0.3 is 15.0 Å². The Labute approximate surface area is 149 Å². The van der Waals surface area contributed by atoms with E-state index in [1.807, 2.05) is 19.1 Å². The number of likely N-dealkylation sites (tertiary alicyclic amines) is 1. The Hall–Kier alpha value is -2.07. The van der Waals surface area contributed by atoms with E-state index in [2.05, 4.69) is 34.5 Å². The molecule has 0 unspecified atom stereocenters. The van der Waals surface area contributed by atoms with Crippen molar-refractivity contribution in [2.45, 2.75) is 31.7 Å². The van der Waals surface area contributed by atoms with E-state index >= 15 is 0 Å². The number of methoxy groups -OCH3 is 1. The molecule has 2 aliphatic heterocycles. The molecule has 2 aliphatic rings. The van der Waals surface area contributed by atoms with Gasteiger partial charge in [0.2, 0.25) is 5.91 Å². The van der Waals surface area contributed by atoms with E-state index in [0.717, 1.165) is 41.7 Å². The molecule has 2 heterocycles. The predicted molar refractivity (Wildman–Crippen MR) is 100 cm³/mol. The lowest BCUT2D eigenvalue weighted by Crippen LogP contribution is -2.41. The van der Waals surface area contributed by atoms with Crippen LogP contribution in [0.25, 0.3) is 10.8 Å². The first kappa shape index (κ1) is 16.4. The fraction of sp³-hybridized carbons (Fsp3) is 0.476. The third-order valence-corrected chi connectivity index (χ3v) is 5.85. The largest absolute Gasteiger partial charge is 0.497 e. The number of carbonyl (C=O) groups excluding carboxylic acids is 1. The summed E-state index contributed by atoms with van der Waals surface area (Å²) in [5.74, 6) is 1.64. The van der Waals surface area contributed by atoms with Crippen molar-refractivity contribution in [1.82, 2.24) is 10.2 Å². The van der Waals surface area contributed by atoms with E-state index in [0.29, 0.717) is 12.0 Å². The number of ether oxygens (including phenoxy) is 1. The van der Waals surface area contributed by atoms with E-state index < -0.39 is 0 Å². The lowest BCUT2D eigenvalue weighted by molar-refractivity contribution is -0.131. The third-order valence-electron chi connectivity index (χ3n) is 5.85. The molecule has 4 heteroatoms. The van der Waals surface area contributed by atoms with Crippen LogP contribution in [0.15, 0.2) is 36.4 Å². The quantitative estimate of drug-likeness (QED) is 0.935. The Morgan fingerprint density at radius 1 is 1.20 bits per heavy atom. The second-order valence-corrected chi connectivity index (χ2v) is 7.40. The van der Waals surface area contributed by atoms with Gasteiger partial charge in [-0.15, -0.1) is 0 Å². The molecule has 0 bridgehead atoms. The molecule has 4 rings (SSSR count). The topological polar surface area (TPSA) is 41.6 Å². The van der Waals surface area contributed by atoms with Crippen LogP contribution in [-0.2, 0) is 4.79 Å². The summed E-state index contributed by atoms with van der Waals surface area (Å²) in [6.45, 7) is 4.89. The number of piperidine rings is 1. The van der Waals surface area contributed by atoms with E-state index in [1.54, 1.807) is 7.11 Å². The summed E-state index contributed by atoms with van der Waals surface area (Å²) in [4.78, 5) is 15.1. The van der Waals surface area contributed by atoms with E-state index in [-0.39, 0.29) is 11.8 Å². The fourth-order valence-corrected chi connectivity index (χ4v) is 4.28. The number of benzene rings is 2. The maximum Gasteiger partial charge on any atom is 0.229 e. The number of fused-ring (bicyclic) bond motifs is 2. The molecule has 2 fully saturated rings. The molecule has 0 aromatic heterocycles. The van der Waals surface area contributed by atoms with Gasteiger partial charge in [0.25, 0.3) is 0 Å². The Bertz CT molecular complexity index is 775. The molecular formula is C21H26N2O2. The van der Waals surface area contributed by atoms with Crippen LogP contribution in [-0.4, -0.2) is 43.6 Å². The molecule has 2 saturated heterocycles. The van der Waals surface area contributed by atoms with Crippen LogP contribution >= 0.6 is 0 Å².